The third kappa shape index (κ3) is 2.99. The van der Waals surface area contributed by atoms with Crippen LogP contribution in [0.1, 0.15) is 18.3 Å². The van der Waals surface area contributed by atoms with Gasteiger partial charge in [-0.05, 0) is 43.7 Å². The zero-order valence-electron chi connectivity index (χ0n) is 15.0. The van der Waals surface area contributed by atoms with Crippen molar-refractivity contribution in [1.82, 2.24) is 19.9 Å². The smallest absolute Gasteiger partial charge is 0.278 e. The molecule has 0 fully saturated rings. The summed E-state index contributed by atoms with van der Waals surface area (Å²) in [6.07, 6.45) is 2.34. The lowest BCUT2D eigenvalue weighted by molar-refractivity contribution is -0.146. The van der Waals surface area contributed by atoms with Crippen molar-refractivity contribution in [2.45, 2.75) is 25.9 Å². The number of benzene rings is 1. The fourth-order valence-electron chi connectivity index (χ4n) is 3.01. The SMILES string of the molecule is Cc1ccc2c(c1)NC(=O)C(C)(C(=O)NCCc1nnc3ccccn13)O2. The van der Waals surface area contributed by atoms with Crippen LogP contribution in [0.15, 0.2) is 42.6 Å². The fraction of sp³-hybridized carbons (Fsp3) is 0.263. The van der Waals surface area contributed by atoms with Gasteiger partial charge in [0.2, 0.25) is 0 Å². The Bertz CT molecular complexity index is 1040. The Morgan fingerprint density at radius 3 is 3.00 bits per heavy atom. The Hall–Kier alpha value is -3.42. The molecule has 2 amide bonds. The van der Waals surface area contributed by atoms with Crippen molar-refractivity contribution in [3.63, 3.8) is 0 Å². The average Bonchev–Trinajstić information content (AvgIpc) is 3.06. The van der Waals surface area contributed by atoms with E-state index in [9.17, 15) is 9.59 Å². The number of nitrogens with zero attached hydrogens (tertiary/aromatic N) is 3. The molecule has 3 heterocycles. The van der Waals surface area contributed by atoms with Crippen molar-refractivity contribution in [3.05, 3.63) is 54.0 Å². The first-order chi connectivity index (χ1) is 13.0. The van der Waals surface area contributed by atoms with Crippen LogP contribution >= 0.6 is 0 Å². The van der Waals surface area contributed by atoms with Gasteiger partial charge in [0.1, 0.15) is 11.6 Å². The number of carbonyl (C=O) groups is 2. The van der Waals surface area contributed by atoms with Crippen molar-refractivity contribution in [2.24, 2.45) is 0 Å². The predicted octanol–water partition coefficient (Wildman–Crippen LogP) is 1.49. The molecule has 8 nitrogen and oxygen atoms in total. The Kier molecular flexibility index (Phi) is 4.02. The number of aromatic nitrogens is 3. The number of pyridine rings is 1. The van der Waals surface area contributed by atoms with Gasteiger partial charge in [0.15, 0.2) is 5.65 Å². The largest absolute Gasteiger partial charge is 0.466 e. The zero-order chi connectivity index (χ0) is 19.0. The second-order valence-corrected chi connectivity index (χ2v) is 6.64. The molecule has 4 rings (SSSR count). The molecule has 0 aliphatic carbocycles. The lowest BCUT2D eigenvalue weighted by Crippen LogP contribution is -2.59. The Balaban J connectivity index is 1.44. The van der Waals surface area contributed by atoms with Crippen LogP contribution in [0, 0.1) is 6.92 Å². The summed E-state index contributed by atoms with van der Waals surface area (Å²) in [4.78, 5) is 25.1. The zero-order valence-corrected chi connectivity index (χ0v) is 15.0. The van der Waals surface area contributed by atoms with Gasteiger partial charge in [-0.25, -0.2) is 0 Å². The van der Waals surface area contributed by atoms with Gasteiger partial charge in [-0.1, -0.05) is 12.1 Å². The summed E-state index contributed by atoms with van der Waals surface area (Å²) >= 11 is 0. The van der Waals surface area contributed by atoms with Gasteiger partial charge in [-0.2, -0.15) is 0 Å². The van der Waals surface area contributed by atoms with E-state index in [1.165, 1.54) is 6.92 Å². The molecule has 2 aromatic heterocycles. The van der Waals surface area contributed by atoms with Crippen LogP contribution < -0.4 is 15.4 Å². The minimum Gasteiger partial charge on any atom is -0.466 e. The Morgan fingerprint density at radius 1 is 1.30 bits per heavy atom. The molecule has 1 aromatic carbocycles. The number of carbonyl (C=O) groups excluding carboxylic acids is 2. The number of amides is 2. The first kappa shape index (κ1) is 17.0. The Labute approximate surface area is 155 Å². The van der Waals surface area contributed by atoms with Crippen LogP contribution in [0.4, 0.5) is 5.69 Å². The normalized spacial score (nSPS) is 18.5. The van der Waals surface area contributed by atoms with Gasteiger partial charge < -0.3 is 15.4 Å². The van der Waals surface area contributed by atoms with Crippen molar-refractivity contribution >= 4 is 23.1 Å². The van der Waals surface area contributed by atoms with Crippen LogP contribution in [0.2, 0.25) is 0 Å². The van der Waals surface area contributed by atoms with Crippen LogP contribution in [-0.4, -0.2) is 38.6 Å². The number of fused-ring (bicyclic) bond motifs is 2. The molecule has 3 aromatic rings. The van der Waals surface area contributed by atoms with Gasteiger partial charge in [-0.3, -0.25) is 14.0 Å². The molecular weight excluding hydrogens is 346 g/mol. The van der Waals surface area contributed by atoms with Gasteiger partial charge >= 0.3 is 0 Å². The molecule has 27 heavy (non-hydrogen) atoms. The number of hydrogen-bond donors (Lipinski definition) is 2. The molecule has 1 aliphatic rings. The predicted molar refractivity (Wildman–Crippen MR) is 98.5 cm³/mol. The van der Waals surface area contributed by atoms with E-state index < -0.39 is 17.4 Å². The lowest BCUT2D eigenvalue weighted by Gasteiger charge is -2.33. The molecule has 0 saturated heterocycles. The summed E-state index contributed by atoms with van der Waals surface area (Å²) in [6, 6.07) is 11.0. The van der Waals surface area contributed by atoms with E-state index in [4.69, 9.17) is 4.74 Å². The van der Waals surface area contributed by atoms with Crippen LogP contribution in [0.25, 0.3) is 5.65 Å². The standard InChI is InChI=1S/C19H19N5O3/c1-12-6-7-14-13(11-12)21-18(26)19(2,27-14)17(25)20-9-8-16-23-22-15-5-3-4-10-24(15)16/h3-7,10-11H,8-9H2,1-2H3,(H,20,25)(H,21,26). The maximum atomic E-state index is 12.7. The van der Waals surface area contributed by atoms with E-state index in [-0.39, 0.29) is 0 Å². The van der Waals surface area contributed by atoms with E-state index in [1.807, 2.05) is 41.8 Å². The molecular formula is C19H19N5O3. The van der Waals surface area contributed by atoms with E-state index in [2.05, 4.69) is 20.8 Å². The average molecular weight is 365 g/mol. The van der Waals surface area contributed by atoms with Gasteiger partial charge in [0.25, 0.3) is 17.4 Å². The quantitative estimate of drug-likeness (QED) is 0.683. The van der Waals surface area contributed by atoms with Crippen LogP contribution in [-0.2, 0) is 16.0 Å². The van der Waals surface area contributed by atoms with Gasteiger partial charge in [-0.15, -0.1) is 10.2 Å². The second-order valence-electron chi connectivity index (χ2n) is 6.64. The topological polar surface area (TPSA) is 97.6 Å². The summed E-state index contributed by atoms with van der Waals surface area (Å²) in [5.74, 6) is 0.207. The van der Waals surface area contributed by atoms with E-state index in [0.29, 0.717) is 24.4 Å². The molecule has 0 bridgehead atoms. The number of aryl methyl sites for hydroxylation is 1. The summed E-state index contributed by atoms with van der Waals surface area (Å²) in [5, 5.41) is 13.7. The van der Waals surface area contributed by atoms with Crippen molar-refractivity contribution in [3.8, 4) is 5.75 Å². The number of rotatable bonds is 4. The molecule has 0 spiro atoms. The highest BCUT2D eigenvalue weighted by atomic mass is 16.5. The first-order valence-electron chi connectivity index (χ1n) is 8.65. The second kappa shape index (κ2) is 6.39. The van der Waals surface area contributed by atoms with Crippen molar-refractivity contribution in [1.29, 1.82) is 0 Å². The highest BCUT2D eigenvalue weighted by Crippen LogP contribution is 2.34. The summed E-state index contributed by atoms with van der Waals surface area (Å²) in [7, 11) is 0. The Morgan fingerprint density at radius 2 is 2.15 bits per heavy atom. The third-order valence-corrected chi connectivity index (χ3v) is 4.58. The van der Waals surface area contributed by atoms with Gasteiger partial charge in [0, 0.05) is 19.2 Å². The van der Waals surface area contributed by atoms with E-state index in [1.54, 1.807) is 12.1 Å². The lowest BCUT2D eigenvalue weighted by atomic mass is 10.0. The monoisotopic (exact) mass is 365 g/mol. The van der Waals surface area contributed by atoms with Crippen molar-refractivity contribution < 1.29 is 14.3 Å². The highest BCUT2D eigenvalue weighted by Gasteiger charge is 2.47. The summed E-state index contributed by atoms with van der Waals surface area (Å²) in [6.45, 7) is 3.69. The molecule has 8 heteroatoms. The van der Waals surface area contributed by atoms with Crippen LogP contribution in [0.5, 0.6) is 5.75 Å². The fourth-order valence-corrected chi connectivity index (χ4v) is 3.01. The number of anilines is 1. The number of hydrogen-bond acceptors (Lipinski definition) is 5. The maximum Gasteiger partial charge on any atom is 0.278 e. The number of nitrogens with one attached hydrogen (secondary N) is 2. The van der Waals surface area contributed by atoms with E-state index in [0.717, 1.165) is 17.0 Å². The van der Waals surface area contributed by atoms with Crippen LogP contribution in [0.3, 0.4) is 0 Å². The molecule has 1 aliphatic heterocycles. The van der Waals surface area contributed by atoms with Crippen molar-refractivity contribution in [2.75, 3.05) is 11.9 Å². The molecule has 1 unspecified atom stereocenters. The molecule has 2 N–H and O–H groups in total. The maximum absolute atomic E-state index is 12.7. The molecule has 0 radical (unpaired) electrons. The minimum atomic E-state index is -1.63. The molecule has 1 atom stereocenters. The molecule has 138 valence electrons. The molecule has 0 saturated carbocycles. The first-order valence-corrected chi connectivity index (χ1v) is 8.65. The highest BCUT2D eigenvalue weighted by molar-refractivity contribution is 6.15. The van der Waals surface area contributed by atoms with E-state index >= 15 is 0 Å². The third-order valence-electron chi connectivity index (χ3n) is 4.58. The minimum absolute atomic E-state index is 0.307. The summed E-state index contributed by atoms with van der Waals surface area (Å²) in [5.41, 5.74) is 0.675. The summed E-state index contributed by atoms with van der Waals surface area (Å²) < 4.78 is 7.61. The number of ether oxygens (including phenoxy) is 1. The van der Waals surface area contributed by atoms with Gasteiger partial charge in [0.05, 0.1) is 5.69 Å².